The van der Waals surface area contributed by atoms with Gasteiger partial charge in [0.2, 0.25) is 0 Å². The highest BCUT2D eigenvalue weighted by Gasteiger charge is 2.24. The van der Waals surface area contributed by atoms with Gasteiger partial charge in [-0.1, -0.05) is 27.7 Å². The second kappa shape index (κ2) is 5.31. The van der Waals surface area contributed by atoms with Crippen LogP contribution >= 0.6 is 0 Å². The molecule has 0 saturated heterocycles. The van der Waals surface area contributed by atoms with Crippen molar-refractivity contribution >= 4 is 5.78 Å². The Balaban J connectivity index is 4.21. The molecule has 72 valence electrons. The van der Waals surface area contributed by atoms with Crippen LogP contribution in [0.4, 0.5) is 0 Å². The third-order valence-electron chi connectivity index (χ3n) is 2.24. The summed E-state index contributed by atoms with van der Waals surface area (Å²) in [5.74, 6) is 0.629. The first-order valence-corrected chi connectivity index (χ1v) is 4.61. The Kier molecular flexibility index (Phi) is 5.14. The number of rotatable bonds is 5. The monoisotopic (exact) mass is 172 g/mol. The largest absolute Gasteiger partial charge is 0.373 e. The summed E-state index contributed by atoms with van der Waals surface area (Å²) in [6.07, 6.45) is 0.672. The quantitative estimate of drug-likeness (QED) is 0.636. The molecule has 2 heteroatoms. The molecule has 2 atom stereocenters. The average molecular weight is 172 g/mol. The Morgan fingerprint density at radius 1 is 1.33 bits per heavy atom. The number of ether oxygens (including phenoxy) is 1. The Morgan fingerprint density at radius 2 is 1.83 bits per heavy atom. The number of methoxy groups -OCH3 is 1. The zero-order chi connectivity index (χ0) is 9.72. The van der Waals surface area contributed by atoms with E-state index in [-0.39, 0.29) is 23.7 Å². The molecule has 0 aromatic carbocycles. The van der Waals surface area contributed by atoms with E-state index in [1.54, 1.807) is 7.11 Å². The Labute approximate surface area is 75.3 Å². The van der Waals surface area contributed by atoms with Gasteiger partial charge in [-0.3, -0.25) is 4.79 Å². The van der Waals surface area contributed by atoms with Crippen LogP contribution in [0.2, 0.25) is 0 Å². The van der Waals surface area contributed by atoms with Gasteiger partial charge in [-0.15, -0.1) is 0 Å². The maximum Gasteiger partial charge on any atom is 0.164 e. The summed E-state index contributed by atoms with van der Waals surface area (Å²) < 4.78 is 5.15. The third kappa shape index (κ3) is 2.94. The summed E-state index contributed by atoms with van der Waals surface area (Å²) in [6.45, 7) is 8.00. The fourth-order valence-corrected chi connectivity index (χ4v) is 1.20. The summed E-state index contributed by atoms with van der Waals surface area (Å²) in [5, 5.41) is 0. The van der Waals surface area contributed by atoms with Crippen molar-refractivity contribution in [3.8, 4) is 0 Å². The maximum atomic E-state index is 11.6. The van der Waals surface area contributed by atoms with E-state index in [0.717, 1.165) is 6.42 Å². The van der Waals surface area contributed by atoms with Gasteiger partial charge in [0.15, 0.2) is 5.78 Å². The number of carbonyl (C=O) groups is 1. The first kappa shape index (κ1) is 11.6. The predicted molar refractivity (Wildman–Crippen MR) is 50.1 cm³/mol. The second-order valence-corrected chi connectivity index (χ2v) is 3.61. The van der Waals surface area contributed by atoms with Crippen molar-refractivity contribution in [3.05, 3.63) is 0 Å². The lowest BCUT2D eigenvalue weighted by Crippen LogP contribution is -2.32. The van der Waals surface area contributed by atoms with Gasteiger partial charge in [-0.2, -0.15) is 0 Å². The number of Topliss-reactive ketones (excluding diaryl/α,β-unsaturated/α-hetero) is 1. The van der Waals surface area contributed by atoms with Crippen molar-refractivity contribution < 1.29 is 9.53 Å². The normalized spacial score (nSPS) is 16.2. The van der Waals surface area contributed by atoms with Crippen molar-refractivity contribution in [3.63, 3.8) is 0 Å². The minimum absolute atomic E-state index is 0.123. The van der Waals surface area contributed by atoms with Gasteiger partial charge in [0, 0.05) is 13.0 Å². The lowest BCUT2D eigenvalue weighted by atomic mass is 9.93. The minimum atomic E-state index is -0.222. The molecule has 0 N–H and O–H groups in total. The molecule has 0 aromatic rings. The van der Waals surface area contributed by atoms with Crippen molar-refractivity contribution in [2.24, 2.45) is 11.8 Å². The highest BCUT2D eigenvalue weighted by atomic mass is 16.5. The summed E-state index contributed by atoms with van der Waals surface area (Å²) in [4.78, 5) is 11.6. The smallest absolute Gasteiger partial charge is 0.164 e. The fraction of sp³-hybridized carbons (Fsp3) is 0.900. The van der Waals surface area contributed by atoms with Gasteiger partial charge >= 0.3 is 0 Å². The van der Waals surface area contributed by atoms with Gasteiger partial charge in [0.25, 0.3) is 0 Å². The average Bonchev–Trinajstić information content (AvgIpc) is 2.03. The lowest BCUT2D eigenvalue weighted by Gasteiger charge is -2.20. The molecule has 0 heterocycles. The fourth-order valence-electron chi connectivity index (χ4n) is 1.20. The number of hydrogen-bond acceptors (Lipinski definition) is 2. The van der Waals surface area contributed by atoms with E-state index >= 15 is 0 Å². The first-order chi connectivity index (χ1) is 5.54. The van der Waals surface area contributed by atoms with E-state index in [1.807, 2.05) is 27.7 Å². The van der Waals surface area contributed by atoms with Crippen LogP contribution in [-0.4, -0.2) is 19.0 Å². The molecule has 2 unspecified atom stereocenters. The number of hydrogen-bond donors (Lipinski definition) is 0. The summed E-state index contributed by atoms with van der Waals surface area (Å²) >= 11 is 0. The lowest BCUT2D eigenvalue weighted by molar-refractivity contribution is -0.134. The van der Waals surface area contributed by atoms with Crippen LogP contribution in [0, 0.1) is 11.8 Å². The van der Waals surface area contributed by atoms with E-state index in [2.05, 4.69) is 0 Å². The van der Waals surface area contributed by atoms with Crippen LogP contribution in [-0.2, 0) is 9.53 Å². The molecule has 0 fully saturated rings. The highest BCUT2D eigenvalue weighted by Crippen LogP contribution is 2.14. The van der Waals surface area contributed by atoms with Crippen molar-refractivity contribution in [1.29, 1.82) is 0 Å². The van der Waals surface area contributed by atoms with Crippen LogP contribution in [0.5, 0.6) is 0 Å². The highest BCUT2D eigenvalue weighted by molar-refractivity contribution is 5.85. The van der Waals surface area contributed by atoms with Crippen LogP contribution in [0.1, 0.15) is 34.1 Å². The standard InChI is InChI=1S/C10H20O2/c1-6-8(4)9(11)10(12-5)7(2)3/h7-8,10H,6H2,1-5H3. The Hall–Kier alpha value is -0.370. The van der Waals surface area contributed by atoms with Crippen molar-refractivity contribution in [2.75, 3.05) is 7.11 Å². The SMILES string of the molecule is CCC(C)C(=O)C(OC)C(C)C. The zero-order valence-corrected chi connectivity index (χ0v) is 8.76. The molecule has 0 rings (SSSR count). The molecule has 0 aliphatic heterocycles. The van der Waals surface area contributed by atoms with E-state index in [0.29, 0.717) is 0 Å². The van der Waals surface area contributed by atoms with Crippen LogP contribution in [0.25, 0.3) is 0 Å². The molecule has 0 amide bonds. The molecular formula is C10H20O2. The Morgan fingerprint density at radius 3 is 2.08 bits per heavy atom. The molecule has 0 spiro atoms. The molecule has 0 saturated carbocycles. The van der Waals surface area contributed by atoms with E-state index in [4.69, 9.17) is 4.74 Å². The van der Waals surface area contributed by atoms with Crippen LogP contribution in [0.15, 0.2) is 0 Å². The van der Waals surface area contributed by atoms with Gasteiger partial charge in [0.1, 0.15) is 6.10 Å². The third-order valence-corrected chi connectivity index (χ3v) is 2.24. The topological polar surface area (TPSA) is 26.3 Å². The number of ketones is 1. The summed E-state index contributed by atoms with van der Waals surface area (Å²) in [6, 6.07) is 0. The minimum Gasteiger partial charge on any atom is -0.373 e. The van der Waals surface area contributed by atoms with Crippen molar-refractivity contribution in [1.82, 2.24) is 0 Å². The van der Waals surface area contributed by atoms with E-state index in [1.165, 1.54) is 0 Å². The molecular weight excluding hydrogens is 152 g/mol. The summed E-state index contributed by atoms with van der Waals surface area (Å²) in [5.41, 5.74) is 0. The van der Waals surface area contributed by atoms with Crippen molar-refractivity contribution in [2.45, 2.75) is 40.2 Å². The molecule has 0 aliphatic carbocycles. The van der Waals surface area contributed by atoms with Crippen LogP contribution in [0.3, 0.4) is 0 Å². The second-order valence-electron chi connectivity index (χ2n) is 3.61. The molecule has 12 heavy (non-hydrogen) atoms. The van der Waals surface area contributed by atoms with E-state index in [9.17, 15) is 4.79 Å². The summed E-state index contributed by atoms with van der Waals surface area (Å²) in [7, 11) is 1.60. The van der Waals surface area contributed by atoms with Gasteiger partial charge in [0.05, 0.1) is 0 Å². The van der Waals surface area contributed by atoms with E-state index < -0.39 is 0 Å². The molecule has 0 bridgehead atoms. The molecule has 2 nitrogen and oxygen atoms in total. The van der Waals surface area contributed by atoms with Gasteiger partial charge < -0.3 is 4.74 Å². The first-order valence-electron chi connectivity index (χ1n) is 4.61. The Bertz CT molecular complexity index is 141. The molecule has 0 aromatic heterocycles. The number of carbonyl (C=O) groups excluding carboxylic acids is 1. The maximum absolute atomic E-state index is 11.6. The zero-order valence-electron chi connectivity index (χ0n) is 8.76. The van der Waals surface area contributed by atoms with Gasteiger partial charge in [-0.05, 0) is 12.3 Å². The molecule has 0 radical (unpaired) electrons. The molecule has 0 aliphatic rings. The van der Waals surface area contributed by atoms with Gasteiger partial charge in [-0.25, -0.2) is 0 Å². The van der Waals surface area contributed by atoms with Crippen LogP contribution < -0.4 is 0 Å². The predicted octanol–water partition coefficient (Wildman–Crippen LogP) is 2.27.